The summed E-state index contributed by atoms with van der Waals surface area (Å²) in [6, 6.07) is 5.86. The molecule has 1 aromatic rings. The van der Waals surface area contributed by atoms with E-state index in [2.05, 4.69) is 27.5 Å². The first kappa shape index (κ1) is 22.1. The molecule has 0 aliphatic carbocycles. The molecule has 0 radical (unpaired) electrons. The van der Waals surface area contributed by atoms with Crippen molar-refractivity contribution < 1.29 is 9.47 Å². The highest BCUT2D eigenvalue weighted by Crippen LogP contribution is 1.95. The zero-order valence-corrected chi connectivity index (χ0v) is 16.4. The Labute approximate surface area is 156 Å². The van der Waals surface area contributed by atoms with Crippen LogP contribution in [0.15, 0.2) is 29.4 Å². The number of guanidine groups is 1. The number of aromatic nitrogens is 1. The maximum absolute atomic E-state index is 5.43. The molecule has 0 saturated heterocycles. The number of unbranched alkanes of at least 4 members (excludes halogenated alkanes) is 1. The van der Waals surface area contributed by atoms with Crippen LogP contribution in [0.2, 0.25) is 0 Å². The van der Waals surface area contributed by atoms with Gasteiger partial charge >= 0.3 is 0 Å². The van der Waals surface area contributed by atoms with Crippen molar-refractivity contribution in [1.82, 2.24) is 15.6 Å². The summed E-state index contributed by atoms with van der Waals surface area (Å²) in [5.74, 6) is 0.827. The van der Waals surface area contributed by atoms with Gasteiger partial charge in [0.05, 0.1) is 25.5 Å². The summed E-state index contributed by atoms with van der Waals surface area (Å²) in [7, 11) is 1.68. The Morgan fingerprint density at radius 2 is 2.04 bits per heavy atom. The summed E-state index contributed by atoms with van der Waals surface area (Å²) in [6.45, 7) is 6.45. The van der Waals surface area contributed by atoms with Crippen molar-refractivity contribution in [3.8, 4) is 0 Å². The molecular weight excluding hydrogens is 407 g/mol. The molecule has 0 unspecified atom stereocenters. The fourth-order valence-electron chi connectivity index (χ4n) is 1.77. The van der Waals surface area contributed by atoms with Crippen molar-refractivity contribution in [3.63, 3.8) is 0 Å². The minimum atomic E-state index is 0. The van der Waals surface area contributed by atoms with Crippen molar-refractivity contribution >= 4 is 29.9 Å². The Hall–Kier alpha value is -0.930. The van der Waals surface area contributed by atoms with Gasteiger partial charge in [0, 0.05) is 33.0 Å². The number of nitrogens with one attached hydrogen (secondary N) is 2. The second-order valence-electron chi connectivity index (χ2n) is 4.76. The number of hydrogen-bond donors (Lipinski definition) is 2. The van der Waals surface area contributed by atoms with Gasteiger partial charge in [-0.1, -0.05) is 6.07 Å². The lowest BCUT2D eigenvalue weighted by Gasteiger charge is -2.11. The molecule has 0 atom stereocenters. The fourth-order valence-corrected chi connectivity index (χ4v) is 1.77. The summed E-state index contributed by atoms with van der Waals surface area (Å²) in [4.78, 5) is 8.79. The van der Waals surface area contributed by atoms with Crippen LogP contribution in [0.4, 0.5) is 0 Å². The summed E-state index contributed by atoms with van der Waals surface area (Å²) < 4.78 is 10.4. The smallest absolute Gasteiger partial charge is 0.191 e. The van der Waals surface area contributed by atoms with Gasteiger partial charge in [-0.25, -0.2) is 4.99 Å². The van der Waals surface area contributed by atoms with Crippen LogP contribution in [-0.2, 0) is 16.0 Å². The topological polar surface area (TPSA) is 67.8 Å². The van der Waals surface area contributed by atoms with E-state index in [1.54, 1.807) is 13.3 Å². The summed E-state index contributed by atoms with van der Waals surface area (Å²) >= 11 is 0. The molecule has 7 heteroatoms. The lowest BCUT2D eigenvalue weighted by atomic mass is 10.3. The van der Waals surface area contributed by atoms with Gasteiger partial charge in [0.1, 0.15) is 0 Å². The van der Waals surface area contributed by atoms with Gasteiger partial charge in [-0.05, 0) is 31.9 Å². The van der Waals surface area contributed by atoms with E-state index in [9.17, 15) is 0 Å². The van der Waals surface area contributed by atoms with Crippen molar-refractivity contribution in [3.05, 3.63) is 30.1 Å². The predicted octanol–water partition coefficient (Wildman–Crippen LogP) is 2.20. The molecule has 0 aromatic carbocycles. The molecule has 1 heterocycles. The van der Waals surface area contributed by atoms with Crippen LogP contribution >= 0.6 is 24.0 Å². The number of methoxy groups -OCH3 is 1. The molecule has 0 saturated carbocycles. The maximum Gasteiger partial charge on any atom is 0.191 e. The lowest BCUT2D eigenvalue weighted by molar-refractivity contribution is 0.0689. The molecule has 0 bridgehead atoms. The molecule has 0 aliphatic rings. The van der Waals surface area contributed by atoms with Crippen molar-refractivity contribution in [2.75, 3.05) is 40.0 Å². The van der Waals surface area contributed by atoms with Gasteiger partial charge in [-0.15, -0.1) is 24.0 Å². The van der Waals surface area contributed by atoms with Crippen LogP contribution in [0, 0.1) is 0 Å². The molecular formula is C16H29IN4O2. The molecule has 1 aromatic heterocycles. The zero-order chi connectivity index (χ0) is 15.9. The van der Waals surface area contributed by atoms with Crippen LogP contribution in [0.25, 0.3) is 0 Å². The molecule has 0 amide bonds. The van der Waals surface area contributed by atoms with Crippen LogP contribution in [-0.4, -0.2) is 51.0 Å². The van der Waals surface area contributed by atoms with Gasteiger partial charge < -0.3 is 20.1 Å². The SMILES string of the molecule is CCNC(=NCc1ccccn1)NCCCCOCCOC.I. The molecule has 23 heavy (non-hydrogen) atoms. The van der Waals surface area contributed by atoms with E-state index in [0.29, 0.717) is 19.8 Å². The van der Waals surface area contributed by atoms with Gasteiger partial charge in [-0.3, -0.25) is 4.98 Å². The highest BCUT2D eigenvalue weighted by molar-refractivity contribution is 14.0. The van der Waals surface area contributed by atoms with Gasteiger partial charge in [0.15, 0.2) is 5.96 Å². The summed E-state index contributed by atoms with van der Waals surface area (Å²) in [5.41, 5.74) is 0.964. The Bertz CT molecular complexity index is 404. The third-order valence-electron chi connectivity index (χ3n) is 2.91. The second kappa shape index (κ2) is 15.9. The summed E-state index contributed by atoms with van der Waals surface area (Å²) in [6.07, 6.45) is 3.85. The van der Waals surface area contributed by atoms with Crippen LogP contribution in [0.3, 0.4) is 0 Å². The van der Waals surface area contributed by atoms with Crippen LogP contribution in [0.1, 0.15) is 25.5 Å². The average molecular weight is 436 g/mol. The fraction of sp³-hybridized carbons (Fsp3) is 0.625. The number of hydrogen-bond acceptors (Lipinski definition) is 4. The number of halogens is 1. The number of nitrogens with zero attached hydrogens (tertiary/aromatic N) is 2. The Balaban J connectivity index is 0.00000484. The monoisotopic (exact) mass is 436 g/mol. The number of ether oxygens (including phenoxy) is 2. The Kier molecular flexibility index (Phi) is 15.3. The minimum Gasteiger partial charge on any atom is -0.382 e. The van der Waals surface area contributed by atoms with E-state index in [1.807, 2.05) is 18.2 Å². The zero-order valence-electron chi connectivity index (χ0n) is 14.1. The number of pyridine rings is 1. The highest BCUT2D eigenvalue weighted by Gasteiger charge is 1.98. The van der Waals surface area contributed by atoms with Crippen LogP contribution in [0.5, 0.6) is 0 Å². The Morgan fingerprint density at radius 3 is 2.74 bits per heavy atom. The highest BCUT2D eigenvalue weighted by atomic mass is 127. The molecule has 132 valence electrons. The van der Waals surface area contributed by atoms with Crippen molar-refractivity contribution in [2.45, 2.75) is 26.3 Å². The van der Waals surface area contributed by atoms with E-state index in [4.69, 9.17) is 9.47 Å². The molecule has 1 rings (SSSR count). The van der Waals surface area contributed by atoms with E-state index in [1.165, 1.54) is 0 Å². The first-order chi connectivity index (χ1) is 10.9. The largest absolute Gasteiger partial charge is 0.382 e. The van der Waals surface area contributed by atoms with E-state index in [0.717, 1.165) is 44.2 Å². The van der Waals surface area contributed by atoms with Crippen molar-refractivity contribution in [2.24, 2.45) is 4.99 Å². The third kappa shape index (κ3) is 12.2. The Morgan fingerprint density at radius 1 is 1.17 bits per heavy atom. The molecule has 0 spiro atoms. The number of rotatable bonds is 11. The number of aliphatic imine (C=N–C) groups is 1. The second-order valence-corrected chi connectivity index (χ2v) is 4.76. The first-order valence-electron chi connectivity index (χ1n) is 7.85. The lowest BCUT2D eigenvalue weighted by Crippen LogP contribution is -2.37. The van der Waals surface area contributed by atoms with E-state index < -0.39 is 0 Å². The third-order valence-corrected chi connectivity index (χ3v) is 2.91. The van der Waals surface area contributed by atoms with Gasteiger partial charge in [0.25, 0.3) is 0 Å². The quantitative estimate of drug-likeness (QED) is 0.241. The molecule has 2 N–H and O–H groups in total. The first-order valence-corrected chi connectivity index (χ1v) is 7.85. The van der Waals surface area contributed by atoms with Crippen molar-refractivity contribution in [1.29, 1.82) is 0 Å². The van der Waals surface area contributed by atoms with E-state index >= 15 is 0 Å². The summed E-state index contributed by atoms with van der Waals surface area (Å²) in [5, 5.41) is 6.56. The normalized spacial score (nSPS) is 11.0. The van der Waals surface area contributed by atoms with Gasteiger partial charge in [-0.2, -0.15) is 0 Å². The standard InChI is InChI=1S/C16H28N4O2.HI/c1-3-17-16(20-14-15-8-4-5-9-18-15)19-10-6-7-11-22-13-12-21-2;/h4-5,8-9H,3,6-7,10-14H2,1-2H3,(H2,17,19,20);1H. The van der Waals surface area contributed by atoms with E-state index in [-0.39, 0.29) is 24.0 Å². The molecule has 6 nitrogen and oxygen atoms in total. The average Bonchev–Trinajstić information content (AvgIpc) is 2.56. The van der Waals surface area contributed by atoms with Gasteiger partial charge in [0.2, 0.25) is 0 Å². The van der Waals surface area contributed by atoms with Crippen LogP contribution < -0.4 is 10.6 Å². The molecule has 0 fully saturated rings. The maximum atomic E-state index is 5.43. The predicted molar refractivity (Wildman–Crippen MR) is 104 cm³/mol. The molecule has 0 aliphatic heterocycles. The minimum absolute atomic E-state index is 0.